The van der Waals surface area contributed by atoms with Gasteiger partial charge in [0, 0.05) is 30.0 Å². The molecule has 27 heavy (non-hydrogen) atoms. The van der Waals surface area contributed by atoms with Gasteiger partial charge in [0.05, 0.1) is 0 Å². The molecule has 0 spiro atoms. The first kappa shape index (κ1) is 18.9. The van der Waals surface area contributed by atoms with Gasteiger partial charge >= 0.3 is 6.03 Å². The first-order chi connectivity index (χ1) is 13.1. The first-order valence-electron chi connectivity index (χ1n) is 9.30. The van der Waals surface area contributed by atoms with E-state index < -0.39 is 0 Å². The third kappa shape index (κ3) is 4.86. The Bertz CT molecular complexity index is 799. The van der Waals surface area contributed by atoms with Gasteiger partial charge in [-0.15, -0.1) is 0 Å². The Morgan fingerprint density at radius 1 is 1.07 bits per heavy atom. The van der Waals surface area contributed by atoms with Gasteiger partial charge in [0.1, 0.15) is 0 Å². The number of nitrogens with two attached hydrogens (primary N) is 1. The Kier molecular flexibility index (Phi) is 6.08. The van der Waals surface area contributed by atoms with Crippen molar-refractivity contribution in [3.05, 3.63) is 59.7 Å². The summed E-state index contributed by atoms with van der Waals surface area (Å²) in [5, 5.41) is 5.62. The molecule has 1 fully saturated rings. The van der Waals surface area contributed by atoms with E-state index in [-0.39, 0.29) is 11.9 Å². The van der Waals surface area contributed by atoms with E-state index in [0.717, 1.165) is 31.5 Å². The summed E-state index contributed by atoms with van der Waals surface area (Å²) >= 11 is 0. The smallest absolute Gasteiger partial charge is 0.323 e. The normalized spacial score (nSPS) is 14.7. The van der Waals surface area contributed by atoms with Crippen LogP contribution >= 0.6 is 0 Å². The van der Waals surface area contributed by atoms with Gasteiger partial charge in [-0.3, -0.25) is 4.79 Å². The number of benzene rings is 2. The van der Waals surface area contributed by atoms with Crippen LogP contribution in [0.4, 0.5) is 16.2 Å². The molecule has 2 aromatic rings. The molecule has 1 aliphatic heterocycles. The summed E-state index contributed by atoms with van der Waals surface area (Å²) in [6.07, 6.45) is 1.89. The molecule has 6 nitrogen and oxygen atoms in total. The van der Waals surface area contributed by atoms with Gasteiger partial charge in [-0.2, -0.15) is 0 Å². The lowest BCUT2D eigenvalue weighted by Crippen LogP contribution is -2.40. The van der Waals surface area contributed by atoms with Crippen molar-refractivity contribution in [2.45, 2.75) is 19.8 Å². The third-order valence-electron chi connectivity index (χ3n) is 5.00. The molecule has 4 N–H and O–H groups in total. The zero-order chi connectivity index (χ0) is 19.2. The summed E-state index contributed by atoms with van der Waals surface area (Å²) in [7, 11) is 0. The molecule has 142 valence electrons. The topological polar surface area (TPSA) is 87.5 Å². The van der Waals surface area contributed by atoms with Crippen LogP contribution in [0.5, 0.6) is 0 Å². The molecule has 3 rings (SSSR count). The van der Waals surface area contributed by atoms with Gasteiger partial charge in [-0.05, 0) is 62.1 Å². The van der Waals surface area contributed by atoms with Crippen molar-refractivity contribution in [3.63, 3.8) is 0 Å². The van der Waals surface area contributed by atoms with Crippen LogP contribution in [0.15, 0.2) is 48.5 Å². The summed E-state index contributed by atoms with van der Waals surface area (Å²) in [4.78, 5) is 26.9. The molecule has 1 saturated heterocycles. The van der Waals surface area contributed by atoms with Crippen LogP contribution in [-0.4, -0.2) is 36.5 Å². The minimum absolute atomic E-state index is 0.00279. The quantitative estimate of drug-likeness (QED) is 0.774. The highest BCUT2D eigenvalue weighted by atomic mass is 16.2. The Morgan fingerprint density at radius 2 is 1.78 bits per heavy atom. The number of piperidine rings is 1. The fourth-order valence-electron chi connectivity index (χ4n) is 3.25. The van der Waals surface area contributed by atoms with Crippen LogP contribution < -0.4 is 16.4 Å². The van der Waals surface area contributed by atoms with Crippen molar-refractivity contribution in [2.24, 2.45) is 11.7 Å². The highest BCUT2D eigenvalue weighted by Crippen LogP contribution is 2.22. The second-order valence-corrected chi connectivity index (χ2v) is 6.95. The van der Waals surface area contributed by atoms with E-state index in [1.54, 1.807) is 6.07 Å². The van der Waals surface area contributed by atoms with Crippen molar-refractivity contribution in [1.82, 2.24) is 4.90 Å². The number of carbonyl (C=O) groups is 2. The SMILES string of the molecule is Cc1ccc(C(=O)N2CCC(CN)CC2)cc1NC(=O)Nc1ccccc1. The number of para-hydroxylation sites is 1. The molecular weight excluding hydrogens is 340 g/mol. The molecule has 0 saturated carbocycles. The van der Waals surface area contributed by atoms with E-state index in [1.807, 2.05) is 54.3 Å². The summed E-state index contributed by atoms with van der Waals surface area (Å²) in [6, 6.07) is 14.3. The number of carbonyl (C=O) groups excluding carboxylic acids is 2. The number of nitrogens with one attached hydrogen (secondary N) is 2. The predicted octanol–water partition coefficient (Wildman–Crippen LogP) is 3.45. The number of amides is 3. The predicted molar refractivity (Wildman–Crippen MR) is 108 cm³/mol. The standard InChI is InChI=1S/C21H26N4O2/c1-15-7-8-17(20(26)25-11-9-16(14-22)10-12-25)13-19(15)24-21(27)23-18-5-3-2-4-6-18/h2-8,13,16H,9-12,14,22H2,1H3,(H2,23,24,27). The van der Waals surface area contributed by atoms with Crippen LogP contribution in [0.3, 0.4) is 0 Å². The molecule has 6 heteroatoms. The van der Waals surface area contributed by atoms with Gasteiger partial charge < -0.3 is 21.3 Å². The van der Waals surface area contributed by atoms with Crippen molar-refractivity contribution < 1.29 is 9.59 Å². The molecule has 1 aliphatic rings. The Balaban J connectivity index is 1.67. The minimum Gasteiger partial charge on any atom is -0.339 e. The van der Waals surface area contributed by atoms with Crippen LogP contribution in [0.2, 0.25) is 0 Å². The lowest BCUT2D eigenvalue weighted by Gasteiger charge is -2.31. The number of nitrogens with zero attached hydrogens (tertiary/aromatic N) is 1. The Labute approximate surface area is 159 Å². The molecule has 1 heterocycles. The van der Waals surface area contributed by atoms with Gasteiger partial charge in [-0.25, -0.2) is 4.79 Å². The van der Waals surface area contributed by atoms with Crippen LogP contribution in [0.25, 0.3) is 0 Å². The monoisotopic (exact) mass is 366 g/mol. The maximum absolute atomic E-state index is 12.8. The van der Waals surface area contributed by atoms with Crippen molar-refractivity contribution in [2.75, 3.05) is 30.3 Å². The third-order valence-corrected chi connectivity index (χ3v) is 5.00. The number of hydrogen-bond donors (Lipinski definition) is 3. The molecule has 0 aliphatic carbocycles. The molecule has 2 aromatic carbocycles. The molecule has 3 amide bonds. The first-order valence-corrected chi connectivity index (χ1v) is 9.30. The number of likely N-dealkylation sites (tertiary alicyclic amines) is 1. The van der Waals surface area contributed by atoms with Crippen molar-refractivity contribution in [3.8, 4) is 0 Å². The number of urea groups is 1. The van der Waals surface area contributed by atoms with Crippen molar-refractivity contribution >= 4 is 23.3 Å². The minimum atomic E-state index is -0.336. The van der Waals surface area contributed by atoms with Gasteiger partial charge in [0.25, 0.3) is 5.91 Å². The molecule has 0 unspecified atom stereocenters. The zero-order valence-electron chi connectivity index (χ0n) is 15.6. The zero-order valence-corrected chi connectivity index (χ0v) is 15.6. The Hall–Kier alpha value is -2.86. The maximum Gasteiger partial charge on any atom is 0.323 e. The lowest BCUT2D eigenvalue weighted by molar-refractivity contribution is 0.0693. The van der Waals surface area contributed by atoms with Crippen LogP contribution in [0, 0.1) is 12.8 Å². The number of hydrogen-bond acceptors (Lipinski definition) is 3. The van der Waals surface area contributed by atoms with Gasteiger partial charge in [0.15, 0.2) is 0 Å². The van der Waals surface area contributed by atoms with E-state index in [2.05, 4.69) is 10.6 Å². The Morgan fingerprint density at radius 3 is 2.44 bits per heavy atom. The van der Waals surface area contributed by atoms with Gasteiger partial charge in [-0.1, -0.05) is 24.3 Å². The van der Waals surface area contributed by atoms with E-state index in [9.17, 15) is 9.59 Å². The second-order valence-electron chi connectivity index (χ2n) is 6.95. The molecule has 0 atom stereocenters. The maximum atomic E-state index is 12.8. The highest BCUT2D eigenvalue weighted by Gasteiger charge is 2.23. The number of anilines is 2. The van der Waals surface area contributed by atoms with E-state index in [0.29, 0.717) is 29.4 Å². The molecule has 0 aromatic heterocycles. The largest absolute Gasteiger partial charge is 0.339 e. The van der Waals surface area contributed by atoms with E-state index in [1.165, 1.54) is 0 Å². The number of rotatable bonds is 4. The second kappa shape index (κ2) is 8.68. The summed E-state index contributed by atoms with van der Waals surface area (Å²) in [5.74, 6) is 0.503. The van der Waals surface area contributed by atoms with Gasteiger partial charge in [0.2, 0.25) is 0 Å². The average molecular weight is 366 g/mol. The summed E-state index contributed by atoms with van der Waals surface area (Å²) in [6.45, 7) is 4.04. The highest BCUT2D eigenvalue weighted by molar-refractivity contribution is 6.02. The molecule has 0 radical (unpaired) electrons. The summed E-state index contributed by atoms with van der Waals surface area (Å²) in [5.41, 5.74) is 8.55. The van der Waals surface area contributed by atoms with E-state index >= 15 is 0 Å². The number of aryl methyl sites for hydroxylation is 1. The lowest BCUT2D eigenvalue weighted by atomic mass is 9.96. The molecular formula is C21H26N4O2. The van der Waals surface area contributed by atoms with Crippen LogP contribution in [0.1, 0.15) is 28.8 Å². The van der Waals surface area contributed by atoms with Crippen molar-refractivity contribution in [1.29, 1.82) is 0 Å². The fraction of sp³-hybridized carbons (Fsp3) is 0.333. The van der Waals surface area contributed by atoms with E-state index in [4.69, 9.17) is 5.73 Å². The average Bonchev–Trinajstić information content (AvgIpc) is 2.70. The molecule has 0 bridgehead atoms. The fourth-order valence-corrected chi connectivity index (χ4v) is 3.25. The van der Waals surface area contributed by atoms with Crippen LogP contribution in [-0.2, 0) is 0 Å². The summed E-state index contributed by atoms with van der Waals surface area (Å²) < 4.78 is 0.